The second kappa shape index (κ2) is 11.5. The molecule has 0 nitrogen and oxygen atoms in total. The topological polar surface area (TPSA) is 0 Å². The maximum absolute atomic E-state index is 2.71. The first-order valence-corrected chi connectivity index (χ1v) is 24.0. The molecule has 0 radical (unpaired) electrons. The molecule has 33 heavy (non-hydrogen) atoms. The third kappa shape index (κ3) is 4.59. The molecular formula is C29H36Cl2HfSi. The average Bonchev–Trinajstić information content (AvgIpc) is 3.40. The second-order valence-corrected chi connectivity index (χ2v) is 31.7. The predicted octanol–water partition coefficient (Wildman–Crippen LogP) is 1.79. The first-order chi connectivity index (χ1) is 15.2. The van der Waals surface area contributed by atoms with Crippen LogP contribution in [-0.2, 0) is 45.7 Å². The van der Waals surface area contributed by atoms with E-state index < -0.39 is 20.1 Å². The molecule has 2 aromatic carbocycles. The van der Waals surface area contributed by atoms with Crippen LogP contribution in [0.25, 0.3) is 12.2 Å². The van der Waals surface area contributed by atoms with E-state index in [4.69, 9.17) is 0 Å². The minimum atomic E-state index is -2.02. The largest absolute Gasteiger partial charge is 1.00 e. The molecule has 3 aliphatic rings. The first-order valence-electron chi connectivity index (χ1n) is 12.6. The average molecular weight is 662 g/mol. The van der Waals surface area contributed by atoms with Gasteiger partial charge in [-0.25, -0.2) is 0 Å². The molecule has 0 amide bonds. The fourth-order valence-electron chi connectivity index (χ4n) is 6.19. The van der Waals surface area contributed by atoms with E-state index >= 15 is 0 Å². The molecule has 1 fully saturated rings. The third-order valence-corrected chi connectivity index (χ3v) is 38.3. The van der Waals surface area contributed by atoms with Crippen LogP contribution in [0.1, 0.15) is 86.0 Å². The Morgan fingerprint density at radius 1 is 0.667 bits per heavy atom. The Kier molecular flexibility index (Phi) is 9.51. The van der Waals surface area contributed by atoms with E-state index in [9.17, 15) is 0 Å². The van der Waals surface area contributed by atoms with Crippen LogP contribution in [0, 0.1) is 0 Å². The zero-order valence-corrected chi connectivity index (χ0v) is 26.6. The van der Waals surface area contributed by atoms with Crippen LogP contribution in [-0.4, -0.2) is 5.49 Å². The molecular weight excluding hydrogens is 626 g/mol. The van der Waals surface area contributed by atoms with Crippen molar-refractivity contribution in [2.45, 2.75) is 79.2 Å². The number of halogens is 2. The zero-order valence-electron chi connectivity index (χ0n) is 20.5. The number of allylic oxidation sites excluding steroid dienone is 2. The Hall–Kier alpha value is -0.413. The Morgan fingerprint density at radius 3 is 1.39 bits per heavy atom. The van der Waals surface area contributed by atoms with Crippen molar-refractivity contribution in [3.8, 4) is 0 Å². The van der Waals surface area contributed by atoms with E-state index in [1.165, 1.54) is 19.3 Å². The summed E-state index contributed by atoms with van der Waals surface area (Å²) in [5.41, 5.74) is 13.2. The molecule has 4 heteroatoms. The molecule has 5 rings (SSSR count). The molecule has 1 saturated heterocycles. The molecule has 0 bridgehead atoms. The summed E-state index contributed by atoms with van der Waals surface area (Å²) in [5.74, 6) is 0. The summed E-state index contributed by atoms with van der Waals surface area (Å²) in [7, 11) is 0. The quantitative estimate of drug-likeness (QED) is 0.415. The van der Waals surface area contributed by atoms with Gasteiger partial charge in [-0.15, -0.1) is 0 Å². The number of hydrogen-bond donors (Lipinski definition) is 0. The summed E-state index contributed by atoms with van der Waals surface area (Å²) in [6, 6.07) is 13.0. The van der Waals surface area contributed by atoms with Crippen LogP contribution < -0.4 is 24.8 Å². The van der Waals surface area contributed by atoms with E-state index in [0.29, 0.717) is 0 Å². The summed E-state index contributed by atoms with van der Waals surface area (Å²) >= 11 is -2.02. The number of hydrogen-bond acceptors (Lipinski definition) is 0. The molecule has 2 unspecified atom stereocenters. The molecule has 0 spiro atoms. The second-order valence-electron chi connectivity index (χ2n) is 9.42. The van der Waals surface area contributed by atoms with Gasteiger partial charge < -0.3 is 24.8 Å². The first kappa shape index (κ1) is 27.2. The van der Waals surface area contributed by atoms with Crippen molar-refractivity contribution >= 4 is 17.6 Å². The third-order valence-electron chi connectivity index (χ3n) is 8.03. The fraction of sp³-hybridized carbons (Fsp3) is 0.448. The number of aryl methyl sites for hydroxylation is 4. The predicted molar refractivity (Wildman–Crippen MR) is 134 cm³/mol. The van der Waals surface area contributed by atoms with E-state index in [2.05, 4.69) is 76.3 Å². The van der Waals surface area contributed by atoms with Gasteiger partial charge in [0.15, 0.2) is 0 Å². The van der Waals surface area contributed by atoms with Gasteiger partial charge in [0.2, 0.25) is 0 Å². The fourth-order valence-corrected chi connectivity index (χ4v) is 40.1. The van der Waals surface area contributed by atoms with E-state index in [1.807, 2.05) is 0 Å². The van der Waals surface area contributed by atoms with E-state index in [1.54, 1.807) is 56.6 Å². The van der Waals surface area contributed by atoms with Crippen molar-refractivity contribution < 1.29 is 44.9 Å². The zero-order chi connectivity index (χ0) is 21.5. The van der Waals surface area contributed by atoms with Gasteiger partial charge in [-0.05, 0) is 0 Å². The van der Waals surface area contributed by atoms with Crippen LogP contribution in [0.2, 0.25) is 12.1 Å². The van der Waals surface area contributed by atoms with Crippen molar-refractivity contribution in [2.75, 3.05) is 0 Å². The van der Waals surface area contributed by atoms with Gasteiger partial charge in [0, 0.05) is 0 Å². The molecule has 2 atom stereocenters. The Labute approximate surface area is 221 Å². The van der Waals surface area contributed by atoms with Crippen molar-refractivity contribution in [2.24, 2.45) is 0 Å². The summed E-state index contributed by atoms with van der Waals surface area (Å²) < 4.78 is 1.65. The molecule has 1 heterocycles. The molecule has 0 N–H and O–H groups in total. The number of benzene rings is 2. The minimum absolute atomic E-state index is 0. The Bertz CT molecular complexity index is 1040. The van der Waals surface area contributed by atoms with Gasteiger partial charge in [0.05, 0.1) is 0 Å². The SMILES string of the molecule is CCc1ccc(CC)c2c1C=C[CH]2[Hf+2]([CH]1C=Cc2c(CC)ccc(CC)c21)=[Si]1CCC1.[Cl-].[Cl-]. The summed E-state index contributed by atoms with van der Waals surface area (Å²) in [6.07, 6.45) is 16.7. The molecule has 0 saturated carbocycles. The van der Waals surface area contributed by atoms with Crippen LogP contribution >= 0.6 is 0 Å². The van der Waals surface area contributed by atoms with Crippen molar-refractivity contribution in [3.63, 3.8) is 0 Å². The van der Waals surface area contributed by atoms with Crippen molar-refractivity contribution in [1.82, 2.24) is 0 Å². The summed E-state index contributed by atoms with van der Waals surface area (Å²) in [5, 5.41) is 0. The standard InChI is InChI=1S/2C13H15.C3H6Si.2ClH.Hf/c2*1-3-10-8-9-11(4-2)13-7-5-6-12(10)13;1-2-4-3-1;;;/h2*5-9H,3-4H2,1-2H3;1-3H2;2*1H;/q;;;;;+2/p-2. The summed E-state index contributed by atoms with van der Waals surface area (Å²) in [6.45, 7) is 9.40. The molecule has 1 aliphatic heterocycles. The van der Waals surface area contributed by atoms with Gasteiger partial charge in [-0.1, -0.05) is 0 Å². The van der Waals surface area contributed by atoms with Crippen LogP contribution in [0.5, 0.6) is 0 Å². The van der Waals surface area contributed by atoms with Crippen LogP contribution in [0.15, 0.2) is 36.4 Å². The summed E-state index contributed by atoms with van der Waals surface area (Å²) in [4.78, 5) is 0. The van der Waals surface area contributed by atoms with Crippen molar-refractivity contribution in [3.05, 3.63) is 80.9 Å². The van der Waals surface area contributed by atoms with Gasteiger partial charge in [-0.3, -0.25) is 0 Å². The van der Waals surface area contributed by atoms with Crippen LogP contribution in [0.4, 0.5) is 0 Å². The number of fused-ring (bicyclic) bond motifs is 2. The van der Waals surface area contributed by atoms with Gasteiger partial charge in [0.25, 0.3) is 0 Å². The maximum Gasteiger partial charge on any atom is -1.00 e. The smallest absolute Gasteiger partial charge is 1.00 e. The van der Waals surface area contributed by atoms with Gasteiger partial charge >= 0.3 is 198 Å². The molecule has 2 aromatic rings. The maximum atomic E-state index is 2.71. The normalized spacial score (nSPS) is 19.2. The monoisotopic (exact) mass is 662 g/mol. The van der Waals surface area contributed by atoms with E-state index in [-0.39, 0.29) is 30.3 Å². The minimum Gasteiger partial charge on any atom is -1.00 e. The van der Waals surface area contributed by atoms with E-state index in [0.717, 1.165) is 20.2 Å². The molecule has 174 valence electrons. The van der Waals surface area contributed by atoms with Crippen LogP contribution in [0.3, 0.4) is 0 Å². The van der Waals surface area contributed by atoms with Crippen molar-refractivity contribution in [1.29, 1.82) is 0 Å². The molecule has 0 aromatic heterocycles. The molecule has 2 aliphatic carbocycles. The Balaban J connectivity index is 0.00000153. The van der Waals surface area contributed by atoms with Gasteiger partial charge in [0.1, 0.15) is 0 Å². The number of rotatable bonds is 6. The van der Waals surface area contributed by atoms with Gasteiger partial charge in [-0.2, -0.15) is 0 Å². The Morgan fingerprint density at radius 2 is 1.06 bits per heavy atom.